The molecular formula is C17H17F5N2O3S. The molecule has 5 nitrogen and oxygen atoms in total. The first-order valence-corrected chi connectivity index (χ1v) is 9.50. The topological polar surface area (TPSA) is 75.3 Å². The van der Waals surface area contributed by atoms with Crippen LogP contribution in [0.4, 0.5) is 27.6 Å². The van der Waals surface area contributed by atoms with Gasteiger partial charge in [-0.15, -0.1) is 0 Å². The molecule has 1 amide bonds. The molecule has 0 bridgehead atoms. The highest BCUT2D eigenvalue weighted by molar-refractivity contribution is 7.92. The number of halogens is 5. The summed E-state index contributed by atoms with van der Waals surface area (Å²) in [6.45, 7) is 2.82. The molecule has 0 atom stereocenters. The van der Waals surface area contributed by atoms with Crippen LogP contribution in [0, 0.1) is 11.6 Å². The summed E-state index contributed by atoms with van der Waals surface area (Å²) >= 11 is 0. The zero-order valence-corrected chi connectivity index (χ0v) is 15.4. The normalized spacial score (nSPS) is 12.9. The molecule has 28 heavy (non-hydrogen) atoms. The molecule has 2 N–H and O–H groups in total. The molecule has 0 aliphatic carbocycles. The van der Waals surface area contributed by atoms with Crippen molar-refractivity contribution in [1.29, 1.82) is 0 Å². The quantitative estimate of drug-likeness (QED) is 0.381. The van der Waals surface area contributed by atoms with Crippen LogP contribution >= 0.6 is 0 Å². The molecule has 1 aromatic carbocycles. The number of rotatable bonds is 8. The molecular weight excluding hydrogens is 407 g/mol. The average molecular weight is 424 g/mol. The van der Waals surface area contributed by atoms with Gasteiger partial charge in [0.1, 0.15) is 11.6 Å². The van der Waals surface area contributed by atoms with Gasteiger partial charge in [0.2, 0.25) is 15.9 Å². The summed E-state index contributed by atoms with van der Waals surface area (Å²) in [5.74, 6) is -2.88. The van der Waals surface area contributed by atoms with E-state index in [0.29, 0.717) is 12.1 Å². The number of allylic oxidation sites excluding steroid dienone is 4. The van der Waals surface area contributed by atoms with Gasteiger partial charge in [-0.3, -0.25) is 9.52 Å². The standard InChI is InChI=1S/C17H17F5N2O3S/c1-3-4-11(9-17(20,21)22)5-6-16(25)23-10-12-7-14(19)15(8-13(12)18)24-28(2,26)27/h3-8,24H,1,9-10H2,2H3,(H,23,25)/b6-5+,11-4-. The number of hydrogen-bond donors (Lipinski definition) is 2. The van der Waals surface area contributed by atoms with Crippen molar-refractivity contribution >= 4 is 21.6 Å². The van der Waals surface area contributed by atoms with E-state index in [9.17, 15) is 35.2 Å². The monoisotopic (exact) mass is 424 g/mol. The molecule has 0 saturated heterocycles. The van der Waals surface area contributed by atoms with Crippen LogP contribution in [-0.4, -0.2) is 26.8 Å². The van der Waals surface area contributed by atoms with Crippen molar-refractivity contribution in [2.24, 2.45) is 0 Å². The van der Waals surface area contributed by atoms with Gasteiger partial charge in [-0.2, -0.15) is 13.2 Å². The zero-order chi connectivity index (χ0) is 21.5. The van der Waals surface area contributed by atoms with Crippen molar-refractivity contribution in [1.82, 2.24) is 5.32 Å². The molecule has 1 aromatic rings. The van der Waals surface area contributed by atoms with Crippen molar-refractivity contribution in [2.45, 2.75) is 19.1 Å². The molecule has 0 aromatic heterocycles. The number of sulfonamides is 1. The minimum atomic E-state index is -4.47. The lowest BCUT2D eigenvalue weighted by molar-refractivity contribution is -0.126. The van der Waals surface area contributed by atoms with Gasteiger partial charge in [0.25, 0.3) is 0 Å². The summed E-state index contributed by atoms with van der Waals surface area (Å²) in [6, 6.07) is 1.31. The maximum atomic E-state index is 13.9. The van der Waals surface area contributed by atoms with Gasteiger partial charge >= 0.3 is 6.18 Å². The van der Waals surface area contributed by atoms with Crippen molar-refractivity contribution in [3.8, 4) is 0 Å². The van der Waals surface area contributed by atoms with Crippen LogP contribution in [0.15, 0.2) is 48.6 Å². The van der Waals surface area contributed by atoms with Crippen molar-refractivity contribution in [2.75, 3.05) is 11.0 Å². The largest absolute Gasteiger partial charge is 0.393 e. The Hall–Kier alpha value is -2.69. The first-order chi connectivity index (χ1) is 12.8. The number of anilines is 1. The van der Waals surface area contributed by atoms with E-state index >= 15 is 0 Å². The predicted octanol–water partition coefficient (Wildman–Crippen LogP) is 3.57. The molecule has 0 saturated carbocycles. The van der Waals surface area contributed by atoms with Crippen LogP contribution in [0.25, 0.3) is 0 Å². The fourth-order valence-electron chi connectivity index (χ4n) is 1.98. The molecule has 0 unspecified atom stereocenters. The summed E-state index contributed by atoms with van der Waals surface area (Å²) < 4.78 is 89.0. The minimum Gasteiger partial charge on any atom is -0.348 e. The van der Waals surface area contributed by atoms with Gasteiger partial charge in [0.15, 0.2) is 0 Å². The number of carbonyl (C=O) groups is 1. The molecule has 154 valence electrons. The predicted molar refractivity (Wildman–Crippen MR) is 94.8 cm³/mol. The summed E-state index contributed by atoms with van der Waals surface area (Å²) in [5, 5.41) is 2.19. The van der Waals surface area contributed by atoms with Crippen molar-refractivity contribution in [3.05, 3.63) is 65.8 Å². The van der Waals surface area contributed by atoms with E-state index in [2.05, 4.69) is 11.9 Å². The second-order valence-electron chi connectivity index (χ2n) is 5.62. The summed E-state index contributed by atoms with van der Waals surface area (Å²) in [6.07, 6.45) is -1.02. The highest BCUT2D eigenvalue weighted by atomic mass is 32.2. The minimum absolute atomic E-state index is 0.217. The van der Waals surface area contributed by atoms with Gasteiger partial charge in [-0.05, 0) is 11.6 Å². The molecule has 0 fully saturated rings. The van der Waals surface area contributed by atoms with Crippen LogP contribution in [0.1, 0.15) is 12.0 Å². The summed E-state index contributed by atoms with van der Waals surface area (Å²) in [7, 11) is -3.82. The van der Waals surface area contributed by atoms with Gasteiger partial charge < -0.3 is 5.32 Å². The fraction of sp³-hybridized carbons (Fsp3) is 0.235. The number of alkyl halides is 3. The number of carbonyl (C=O) groups excluding carboxylic acids is 1. The van der Waals surface area contributed by atoms with Gasteiger partial charge in [-0.1, -0.05) is 24.8 Å². The lowest BCUT2D eigenvalue weighted by Crippen LogP contribution is -2.21. The van der Waals surface area contributed by atoms with E-state index in [1.807, 2.05) is 0 Å². The Morgan fingerprint density at radius 3 is 2.36 bits per heavy atom. The fourth-order valence-corrected chi connectivity index (χ4v) is 2.54. The smallest absolute Gasteiger partial charge is 0.348 e. The van der Waals surface area contributed by atoms with Crippen LogP contribution in [0.3, 0.4) is 0 Å². The molecule has 0 aliphatic heterocycles. The third-order valence-electron chi connectivity index (χ3n) is 3.07. The van der Waals surface area contributed by atoms with Crippen molar-refractivity contribution in [3.63, 3.8) is 0 Å². The van der Waals surface area contributed by atoms with E-state index in [1.165, 1.54) is 0 Å². The summed E-state index contributed by atoms with van der Waals surface area (Å²) in [4.78, 5) is 11.7. The van der Waals surface area contributed by atoms with Crippen LogP contribution in [0.2, 0.25) is 0 Å². The Bertz CT molecular complexity index is 906. The molecule has 0 radical (unpaired) electrons. The highest BCUT2D eigenvalue weighted by Gasteiger charge is 2.27. The highest BCUT2D eigenvalue weighted by Crippen LogP contribution is 2.25. The molecule has 1 rings (SSSR count). The van der Waals surface area contributed by atoms with Gasteiger partial charge in [0.05, 0.1) is 18.4 Å². The molecule has 11 heteroatoms. The number of hydrogen-bond acceptors (Lipinski definition) is 3. The van der Waals surface area contributed by atoms with E-state index in [0.717, 1.165) is 30.6 Å². The third-order valence-corrected chi connectivity index (χ3v) is 3.66. The Labute approximate surface area is 158 Å². The first kappa shape index (κ1) is 23.3. The van der Waals surface area contributed by atoms with E-state index in [1.54, 1.807) is 4.72 Å². The third kappa shape index (κ3) is 8.80. The van der Waals surface area contributed by atoms with E-state index < -0.39 is 52.4 Å². The van der Waals surface area contributed by atoms with Crippen LogP contribution < -0.4 is 10.0 Å². The summed E-state index contributed by atoms with van der Waals surface area (Å²) in [5.41, 5.74) is -1.09. The SMILES string of the molecule is C=C/C=C(/C=C/C(=O)NCc1cc(F)c(NS(C)(=O)=O)cc1F)CC(F)(F)F. The van der Waals surface area contributed by atoms with E-state index in [4.69, 9.17) is 0 Å². The number of nitrogens with one attached hydrogen (secondary N) is 2. The Balaban J connectivity index is 2.81. The maximum Gasteiger partial charge on any atom is 0.393 e. The lowest BCUT2D eigenvalue weighted by Gasteiger charge is -2.10. The Morgan fingerprint density at radius 1 is 1.18 bits per heavy atom. The second-order valence-corrected chi connectivity index (χ2v) is 7.37. The Kier molecular flexibility index (Phi) is 7.91. The van der Waals surface area contributed by atoms with Crippen molar-refractivity contribution < 1.29 is 35.2 Å². The molecule has 0 heterocycles. The number of amides is 1. The van der Waals surface area contributed by atoms with Gasteiger partial charge in [-0.25, -0.2) is 17.2 Å². The first-order valence-electron chi connectivity index (χ1n) is 7.60. The maximum absolute atomic E-state index is 13.9. The average Bonchev–Trinajstić information content (AvgIpc) is 2.52. The lowest BCUT2D eigenvalue weighted by atomic mass is 10.1. The van der Waals surface area contributed by atoms with Crippen LogP contribution in [-0.2, 0) is 21.4 Å². The number of benzene rings is 1. The molecule has 0 spiro atoms. The van der Waals surface area contributed by atoms with Gasteiger partial charge in [0, 0.05) is 24.3 Å². The Morgan fingerprint density at radius 2 is 1.82 bits per heavy atom. The van der Waals surface area contributed by atoms with E-state index in [-0.39, 0.29) is 11.1 Å². The molecule has 0 aliphatic rings. The second kappa shape index (κ2) is 9.49. The van der Waals surface area contributed by atoms with Crippen LogP contribution in [0.5, 0.6) is 0 Å². The zero-order valence-electron chi connectivity index (χ0n) is 14.6.